The van der Waals surface area contributed by atoms with Gasteiger partial charge in [-0.25, -0.2) is 9.78 Å². The first-order chi connectivity index (χ1) is 11.0. The highest BCUT2D eigenvalue weighted by Crippen LogP contribution is 2.34. The number of benzene rings is 1. The van der Waals surface area contributed by atoms with Crippen molar-refractivity contribution in [2.75, 3.05) is 17.3 Å². The minimum atomic E-state index is -0.188. The summed E-state index contributed by atoms with van der Waals surface area (Å²) in [5.74, 6) is 0.280. The van der Waals surface area contributed by atoms with E-state index in [-0.39, 0.29) is 11.9 Å². The molecule has 23 heavy (non-hydrogen) atoms. The van der Waals surface area contributed by atoms with E-state index in [1.165, 1.54) is 6.92 Å². The number of pyridine rings is 1. The van der Waals surface area contributed by atoms with Crippen molar-refractivity contribution >= 4 is 40.7 Å². The van der Waals surface area contributed by atoms with Gasteiger partial charge in [-0.2, -0.15) is 0 Å². The Kier molecular flexibility index (Phi) is 3.92. The number of fused-ring (bicyclic) bond motifs is 1. The molecule has 118 valence electrons. The number of nitrogens with zero attached hydrogens (tertiary/aromatic N) is 3. The predicted octanol–water partition coefficient (Wildman–Crippen LogP) is 3.40. The van der Waals surface area contributed by atoms with E-state index >= 15 is 0 Å². The van der Waals surface area contributed by atoms with Crippen molar-refractivity contribution in [1.82, 2.24) is 9.88 Å². The molecule has 0 saturated carbocycles. The van der Waals surface area contributed by atoms with Crippen LogP contribution in [0.4, 0.5) is 22.0 Å². The van der Waals surface area contributed by atoms with Gasteiger partial charge in [0.25, 0.3) is 0 Å². The second kappa shape index (κ2) is 5.89. The number of anilines is 3. The topological polar surface area (TPSA) is 65.5 Å². The Morgan fingerprint density at radius 1 is 1.22 bits per heavy atom. The highest BCUT2D eigenvalue weighted by atomic mass is 35.5. The van der Waals surface area contributed by atoms with Gasteiger partial charge < -0.3 is 10.2 Å². The van der Waals surface area contributed by atoms with Crippen LogP contribution in [0.2, 0.25) is 5.02 Å². The van der Waals surface area contributed by atoms with E-state index in [9.17, 15) is 9.59 Å². The molecule has 2 aromatic rings. The summed E-state index contributed by atoms with van der Waals surface area (Å²) in [6.45, 7) is 1.81. The van der Waals surface area contributed by atoms with Gasteiger partial charge in [-0.1, -0.05) is 11.6 Å². The maximum Gasteiger partial charge on any atom is 0.329 e. The van der Waals surface area contributed by atoms with Crippen molar-refractivity contribution in [3.8, 4) is 0 Å². The van der Waals surface area contributed by atoms with Gasteiger partial charge in [-0.05, 0) is 36.4 Å². The molecule has 0 atom stereocenters. The van der Waals surface area contributed by atoms with Gasteiger partial charge >= 0.3 is 6.03 Å². The van der Waals surface area contributed by atoms with E-state index in [1.54, 1.807) is 53.2 Å². The SMILES string of the molecule is CC(=O)Nc1ccc2c(n1)CN(C)C(=O)N2c1ccc(Cl)cc1. The Balaban J connectivity index is 2.06. The number of amides is 3. The first kappa shape index (κ1) is 15.3. The number of rotatable bonds is 2. The van der Waals surface area contributed by atoms with Crippen molar-refractivity contribution in [2.45, 2.75) is 13.5 Å². The third-order valence-corrected chi connectivity index (χ3v) is 3.74. The Hall–Kier alpha value is -2.60. The van der Waals surface area contributed by atoms with E-state index in [2.05, 4.69) is 10.3 Å². The fourth-order valence-corrected chi connectivity index (χ4v) is 2.60. The zero-order valence-corrected chi connectivity index (χ0v) is 13.5. The summed E-state index contributed by atoms with van der Waals surface area (Å²) in [4.78, 5) is 31.3. The molecule has 7 heteroatoms. The molecule has 2 heterocycles. The van der Waals surface area contributed by atoms with Gasteiger partial charge in [0.05, 0.1) is 23.6 Å². The molecule has 0 aliphatic carbocycles. The van der Waals surface area contributed by atoms with Gasteiger partial charge in [0.2, 0.25) is 5.91 Å². The zero-order chi connectivity index (χ0) is 16.6. The average Bonchev–Trinajstić information content (AvgIpc) is 2.49. The second-order valence-electron chi connectivity index (χ2n) is 5.29. The zero-order valence-electron chi connectivity index (χ0n) is 12.7. The third-order valence-electron chi connectivity index (χ3n) is 3.48. The molecule has 3 rings (SSSR count). The summed E-state index contributed by atoms with van der Waals surface area (Å²) in [7, 11) is 1.71. The first-order valence-corrected chi connectivity index (χ1v) is 7.42. The molecule has 0 fully saturated rings. The van der Waals surface area contributed by atoms with E-state index in [4.69, 9.17) is 11.6 Å². The summed E-state index contributed by atoms with van der Waals surface area (Å²) < 4.78 is 0. The summed E-state index contributed by atoms with van der Waals surface area (Å²) in [6, 6.07) is 10.4. The lowest BCUT2D eigenvalue weighted by atomic mass is 10.1. The number of hydrogen-bond donors (Lipinski definition) is 1. The monoisotopic (exact) mass is 330 g/mol. The molecule has 1 aromatic carbocycles. The lowest BCUT2D eigenvalue weighted by Crippen LogP contribution is -2.42. The molecule has 1 N–H and O–H groups in total. The van der Waals surface area contributed by atoms with Crippen LogP contribution in [0.25, 0.3) is 0 Å². The quantitative estimate of drug-likeness (QED) is 0.917. The number of urea groups is 1. The molecule has 1 aliphatic heterocycles. The van der Waals surface area contributed by atoms with Crippen molar-refractivity contribution in [3.63, 3.8) is 0 Å². The van der Waals surface area contributed by atoms with Crippen LogP contribution in [0.5, 0.6) is 0 Å². The normalized spacial score (nSPS) is 13.8. The van der Waals surface area contributed by atoms with Crippen LogP contribution in [-0.4, -0.2) is 28.9 Å². The number of carbonyl (C=O) groups is 2. The van der Waals surface area contributed by atoms with Crippen LogP contribution in [0.1, 0.15) is 12.6 Å². The van der Waals surface area contributed by atoms with Crippen molar-refractivity contribution in [1.29, 1.82) is 0 Å². The minimum Gasteiger partial charge on any atom is -0.321 e. The summed E-state index contributed by atoms with van der Waals surface area (Å²) in [6.07, 6.45) is 0. The lowest BCUT2D eigenvalue weighted by molar-refractivity contribution is -0.114. The van der Waals surface area contributed by atoms with Crippen LogP contribution in [0.15, 0.2) is 36.4 Å². The number of aromatic nitrogens is 1. The second-order valence-corrected chi connectivity index (χ2v) is 5.73. The van der Waals surface area contributed by atoms with Crippen molar-refractivity contribution in [2.24, 2.45) is 0 Å². The van der Waals surface area contributed by atoms with Crippen LogP contribution >= 0.6 is 11.6 Å². The van der Waals surface area contributed by atoms with Gasteiger partial charge in [0.15, 0.2) is 0 Å². The molecule has 1 aromatic heterocycles. The predicted molar refractivity (Wildman–Crippen MR) is 89.0 cm³/mol. The highest BCUT2D eigenvalue weighted by molar-refractivity contribution is 6.30. The minimum absolute atomic E-state index is 0.145. The fraction of sp³-hybridized carbons (Fsp3) is 0.188. The van der Waals surface area contributed by atoms with Crippen LogP contribution in [0.3, 0.4) is 0 Å². The van der Waals surface area contributed by atoms with Crippen molar-refractivity contribution < 1.29 is 9.59 Å². The Labute approximate surface area is 138 Å². The Morgan fingerprint density at radius 3 is 2.57 bits per heavy atom. The van der Waals surface area contributed by atoms with E-state index < -0.39 is 0 Å². The van der Waals surface area contributed by atoms with Crippen LogP contribution < -0.4 is 10.2 Å². The number of hydrogen-bond acceptors (Lipinski definition) is 3. The van der Waals surface area contributed by atoms with E-state index in [0.29, 0.717) is 34.5 Å². The smallest absolute Gasteiger partial charge is 0.321 e. The summed E-state index contributed by atoms with van der Waals surface area (Å²) in [5, 5.41) is 3.26. The molecule has 0 saturated heterocycles. The van der Waals surface area contributed by atoms with Gasteiger partial charge in [-0.15, -0.1) is 0 Å². The number of nitrogens with one attached hydrogen (secondary N) is 1. The molecule has 6 nitrogen and oxygen atoms in total. The molecule has 1 aliphatic rings. The maximum atomic E-state index is 12.6. The molecule has 0 bridgehead atoms. The molecule has 0 spiro atoms. The first-order valence-electron chi connectivity index (χ1n) is 7.04. The Morgan fingerprint density at radius 2 is 1.91 bits per heavy atom. The van der Waals surface area contributed by atoms with Crippen LogP contribution in [0, 0.1) is 0 Å². The lowest BCUT2D eigenvalue weighted by Gasteiger charge is -2.34. The van der Waals surface area contributed by atoms with E-state index in [0.717, 1.165) is 0 Å². The number of halogens is 1. The largest absolute Gasteiger partial charge is 0.329 e. The average molecular weight is 331 g/mol. The van der Waals surface area contributed by atoms with Gasteiger partial charge in [0.1, 0.15) is 5.82 Å². The van der Waals surface area contributed by atoms with Gasteiger partial charge in [0, 0.05) is 19.0 Å². The Bertz CT molecular complexity index is 776. The van der Waals surface area contributed by atoms with Crippen LogP contribution in [-0.2, 0) is 11.3 Å². The summed E-state index contributed by atoms with van der Waals surface area (Å²) >= 11 is 5.92. The molecule has 0 radical (unpaired) electrons. The molecule has 0 unspecified atom stereocenters. The van der Waals surface area contributed by atoms with Gasteiger partial charge in [-0.3, -0.25) is 9.69 Å². The molecular weight excluding hydrogens is 316 g/mol. The molecular formula is C16H15ClN4O2. The van der Waals surface area contributed by atoms with Crippen molar-refractivity contribution in [3.05, 3.63) is 47.1 Å². The highest BCUT2D eigenvalue weighted by Gasteiger charge is 2.30. The summed E-state index contributed by atoms with van der Waals surface area (Å²) in [5.41, 5.74) is 2.12. The standard InChI is InChI=1S/C16H15ClN4O2/c1-10(22)18-15-8-7-14-13(19-15)9-20(2)16(23)21(14)12-5-3-11(17)4-6-12/h3-8H,9H2,1-2H3,(H,18,19,22). The molecule has 3 amide bonds. The maximum absolute atomic E-state index is 12.6. The fourth-order valence-electron chi connectivity index (χ4n) is 2.47. The third kappa shape index (κ3) is 2.98. The number of carbonyl (C=O) groups excluding carboxylic acids is 2. The van der Waals surface area contributed by atoms with E-state index in [1.807, 2.05) is 0 Å².